The molecule has 0 spiro atoms. The van der Waals surface area contributed by atoms with Crippen LogP contribution in [0, 0.1) is 0 Å². The SMILES string of the molecule is O=C(Nc1cc(Br)ccc1CBr)C(F)(F)F.O=C(Nc1cc(Br)ccc1CP(Br)(c1ccccc1)(c1ccccc1)c1ccccc1)C(F)(F)F.c1ccc(P(c2ccccc2)c2ccccc2)cc1. The van der Waals surface area contributed by atoms with E-state index < -0.39 is 37.4 Å². The molecule has 2 amide bonds. The maximum Gasteiger partial charge on any atom is -0.0134 e. The second-order valence-corrected chi connectivity index (χ2v) is 28.9. The van der Waals surface area contributed by atoms with Crippen LogP contribution < -0.4 is 42.5 Å². The number of alkyl halides is 7. The van der Waals surface area contributed by atoms with E-state index in [-0.39, 0.29) is 11.4 Å². The Balaban J connectivity index is 0.000000192. The van der Waals surface area contributed by atoms with Crippen LogP contribution in [0.1, 0.15) is 11.1 Å². The minimum atomic E-state index is -5.00. The monoisotopic (exact) mass is 1240 g/mol. The van der Waals surface area contributed by atoms with Crippen LogP contribution in [0.5, 0.6) is 0 Å². The van der Waals surface area contributed by atoms with Gasteiger partial charge in [-0.3, -0.25) is 4.79 Å². The van der Waals surface area contributed by atoms with Gasteiger partial charge in [0, 0.05) is 15.5 Å². The van der Waals surface area contributed by atoms with Crippen molar-refractivity contribution in [3.05, 3.63) is 238 Å². The first-order valence-corrected chi connectivity index (χ1v) is 29.7. The smallest absolute Gasteiger partial charge is 0.0134 e. The Kier molecular flexibility index (Phi) is 19.0. The van der Waals surface area contributed by atoms with E-state index in [9.17, 15) is 35.9 Å². The zero-order chi connectivity index (χ0) is 50.4. The van der Waals surface area contributed by atoms with Crippen molar-refractivity contribution in [1.82, 2.24) is 0 Å². The Bertz CT molecular complexity index is 2770. The number of carbonyl (C=O) groups is 2. The average Bonchev–Trinajstić information content (AvgIpc) is 3.37. The van der Waals surface area contributed by atoms with E-state index >= 15 is 0 Å². The Hall–Kier alpha value is -4.94. The summed E-state index contributed by atoms with van der Waals surface area (Å²) in [6.07, 6.45) is -9.55. The third-order valence-electron chi connectivity index (χ3n) is 10.7. The van der Waals surface area contributed by atoms with Crippen LogP contribution in [-0.2, 0) is 21.1 Å². The summed E-state index contributed by atoms with van der Waals surface area (Å²) in [5.41, 5.74) is 1.39. The van der Waals surface area contributed by atoms with Crippen LogP contribution in [0.15, 0.2) is 227 Å². The fourth-order valence-electron chi connectivity index (χ4n) is 7.41. The largest absolute Gasteiger partial charge is 0.0622 e. The maximum atomic E-state index is 13.2. The van der Waals surface area contributed by atoms with Gasteiger partial charge in [0.25, 0.3) is 0 Å². The fourth-order valence-corrected chi connectivity index (χ4v) is 18.6. The van der Waals surface area contributed by atoms with Crippen molar-refractivity contribution >= 4 is 132 Å². The molecule has 0 bridgehead atoms. The Morgan fingerprint density at radius 1 is 0.443 bits per heavy atom. The van der Waals surface area contributed by atoms with Gasteiger partial charge in [0.05, 0.1) is 0 Å². The fraction of sp³-hybridized carbons (Fsp3) is 0.0741. The molecule has 0 atom stereocenters. The summed E-state index contributed by atoms with van der Waals surface area (Å²) in [5, 5.41) is 8.05. The van der Waals surface area contributed by atoms with Crippen molar-refractivity contribution in [2.45, 2.75) is 23.8 Å². The molecule has 70 heavy (non-hydrogen) atoms. The van der Waals surface area contributed by atoms with Gasteiger partial charge in [-0.1, -0.05) is 129 Å². The first-order valence-electron chi connectivity index (χ1n) is 21.2. The predicted molar refractivity (Wildman–Crippen MR) is 293 cm³/mol. The molecule has 8 aromatic carbocycles. The maximum absolute atomic E-state index is 13.2. The summed E-state index contributed by atoms with van der Waals surface area (Å²) in [4.78, 5) is 22.6. The number of rotatable bonds is 11. The van der Waals surface area contributed by atoms with Crippen LogP contribution in [0.3, 0.4) is 0 Å². The molecule has 2 N–H and O–H groups in total. The van der Waals surface area contributed by atoms with Gasteiger partial charge < -0.3 is 5.32 Å². The number of hydrogen-bond acceptors (Lipinski definition) is 2. The molecule has 0 fully saturated rings. The van der Waals surface area contributed by atoms with Gasteiger partial charge >= 0.3 is 231 Å². The topological polar surface area (TPSA) is 58.2 Å². The van der Waals surface area contributed by atoms with Crippen molar-refractivity contribution in [3.8, 4) is 0 Å². The normalized spacial score (nSPS) is 12.0. The molecule has 0 aliphatic rings. The number of hydrogen-bond donors (Lipinski definition) is 2. The minimum absolute atomic E-state index is 0.109. The molecule has 0 heterocycles. The quantitative estimate of drug-likeness (QED) is 0.0770. The molecular formula is C54H42Br4F6N2O2P2. The summed E-state index contributed by atoms with van der Waals surface area (Å²) in [7, 11) is -0.446. The van der Waals surface area contributed by atoms with Gasteiger partial charge in [-0.2, -0.15) is 13.2 Å². The minimum Gasteiger partial charge on any atom is -0.0622 e. The molecule has 0 saturated heterocycles. The van der Waals surface area contributed by atoms with Crippen LogP contribution in [-0.4, -0.2) is 24.2 Å². The number of amides is 2. The molecule has 8 rings (SSSR count). The van der Waals surface area contributed by atoms with Crippen molar-refractivity contribution in [3.63, 3.8) is 0 Å². The molecule has 8 aromatic rings. The van der Waals surface area contributed by atoms with Gasteiger partial charge in [0.1, 0.15) is 0 Å². The Labute approximate surface area is 437 Å². The molecular weight excluding hydrogens is 1200 g/mol. The number of halogens is 10. The summed E-state index contributed by atoms with van der Waals surface area (Å²) < 4.78 is 76.7. The van der Waals surface area contributed by atoms with Crippen molar-refractivity contribution < 1.29 is 35.9 Å². The predicted octanol–water partition coefficient (Wildman–Crippen LogP) is 14.6. The third kappa shape index (κ3) is 13.7. The van der Waals surface area contributed by atoms with Crippen molar-refractivity contribution in [2.24, 2.45) is 0 Å². The van der Waals surface area contributed by atoms with Crippen LogP contribution in [0.2, 0.25) is 0 Å². The zero-order valence-corrected chi connectivity index (χ0v) is 44.8. The van der Waals surface area contributed by atoms with E-state index in [0.29, 0.717) is 31.6 Å². The average molecular weight is 1250 g/mol. The van der Waals surface area contributed by atoms with Gasteiger partial charge in [-0.15, -0.1) is 0 Å². The van der Waals surface area contributed by atoms with E-state index in [4.69, 9.17) is 0 Å². The first-order chi connectivity index (χ1) is 33.4. The van der Waals surface area contributed by atoms with Gasteiger partial charge in [-0.25, -0.2) is 0 Å². The molecule has 0 aliphatic carbocycles. The van der Waals surface area contributed by atoms with Gasteiger partial charge in [-0.05, 0) is 41.5 Å². The Morgan fingerprint density at radius 3 is 1.03 bits per heavy atom. The molecule has 0 saturated carbocycles. The summed E-state index contributed by atoms with van der Waals surface area (Å²) in [6, 6.07) is 71.9. The van der Waals surface area contributed by atoms with Crippen molar-refractivity contribution in [2.75, 3.05) is 10.6 Å². The second-order valence-electron chi connectivity index (χ2n) is 15.3. The number of carbonyl (C=O) groups excluding carboxylic acids is 2. The molecule has 16 heteroatoms. The number of benzene rings is 8. The van der Waals surface area contributed by atoms with E-state index in [1.165, 1.54) is 28.0 Å². The standard InChI is InChI=1S/C27H21Br2F3NOP.C18H15P.C9H6Br2F3NO/c28-21-17-16-20(25(18-21)33-26(34)27(30,31)32)19-35(29,22-10-4-1-5-11-22,23-12-6-2-7-13-23)24-14-8-3-9-15-24;1-4-10-16(11-5-1)19(17-12-6-2-7-13-17)18-14-8-3-9-15-18;10-4-5-1-2-6(11)3-7(5)15-8(16)9(12,13)14/h1-18H,19H2,(H,33,34);1-15H;1-3H,4H2,(H,15,16). The molecule has 0 aliphatic heterocycles. The van der Waals surface area contributed by atoms with Crippen LogP contribution >= 0.6 is 76.5 Å². The van der Waals surface area contributed by atoms with E-state index in [1.807, 2.05) is 96.3 Å². The van der Waals surface area contributed by atoms with Crippen molar-refractivity contribution in [1.29, 1.82) is 0 Å². The van der Waals surface area contributed by atoms with E-state index in [1.54, 1.807) is 24.3 Å². The number of nitrogens with one attached hydrogen (secondary N) is 2. The summed E-state index contributed by atoms with van der Waals surface area (Å²) in [5.74, 6) is -3.99. The summed E-state index contributed by atoms with van der Waals surface area (Å²) in [6.45, 7) is 0. The molecule has 360 valence electrons. The molecule has 0 radical (unpaired) electrons. The van der Waals surface area contributed by atoms with Crippen LogP contribution in [0.4, 0.5) is 37.7 Å². The second kappa shape index (κ2) is 24.5. The molecule has 0 unspecified atom stereocenters. The zero-order valence-electron chi connectivity index (χ0n) is 36.7. The Morgan fingerprint density at radius 2 is 0.729 bits per heavy atom. The van der Waals surface area contributed by atoms with E-state index in [0.717, 1.165) is 15.9 Å². The van der Waals surface area contributed by atoms with Gasteiger partial charge in [0.2, 0.25) is 0 Å². The summed E-state index contributed by atoms with van der Waals surface area (Å²) >= 11 is 13.9. The first kappa shape index (κ1) is 54.4. The van der Waals surface area contributed by atoms with E-state index in [2.05, 4.69) is 160 Å². The number of anilines is 2. The van der Waals surface area contributed by atoms with Crippen LogP contribution in [0.25, 0.3) is 0 Å². The molecule has 0 aromatic heterocycles. The third-order valence-corrected chi connectivity index (χ3v) is 24.2. The molecule has 4 nitrogen and oxygen atoms in total. The van der Waals surface area contributed by atoms with Gasteiger partial charge in [0.15, 0.2) is 0 Å².